The van der Waals surface area contributed by atoms with E-state index in [1.807, 2.05) is 17.0 Å². The van der Waals surface area contributed by atoms with E-state index in [0.717, 1.165) is 76.0 Å². The standard InChI is InChI=1S/C43H48F3N7O3/c44-43(45,46)38-26-36(6-3-32(38)27-47)51-19-14-31(15-20-51)30-1-4-34(5-2-30)50-17-12-29(13-18-50)11-16-49-21-23-52(24-22-49)35-7-8-37-33(25-35)28-53(42(37)56)39-9-10-40(54)48-41(39)55/h1-8,25-26,29,31,39H,9-24,28H2,(H,48,54,55). The molecular weight excluding hydrogens is 720 g/mol. The number of alkyl halides is 3. The van der Waals surface area contributed by atoms with Gasteiger partial charge in [-0.1, -0.05) is 12.1 Å². The van der Waals surface area contributed by atoms with Gasteiger partial charge >= 0.3 is 6.18 Å². The van der Waals surface area contributed by atoms with Crippen LogP contribution in [-0.2, 0) is 22.3 Å². The zero-order valence-electron chi connectivity index (χ0n) is 31.6. The first-order valence-corrected chi connectivity index (χ1v) is 20.0. The number of nitrogens with zero attached hydrogens (tertiary/aromatic N) is 6. The lowest BCUT2D eigenvalue weighted by atomic mass is 9.88. The molecule has 10 nitrogen and oxygen atoms in total. The van der Waals surface area contributed by atoms with E-state index in [1.165, 1.54) is 36.6 Å². The SMILES string of the molecule is N#Cc1ccc(N2CCC(c3ccc(N4CCC(CCN5CCN(c6ccc7c(c6)CN(C6CCC(=O)NC6=O)C7=O)CC5)CC4)cc3)CC2)cc1C(F)(F)F. The Labute approximate surface area is 325 Å². The van der Waals surface area contributed by atoms with Crippen LogP contribution in [0, 0.1) is 17.2 Å². The van der Waals surface area contributed by atoms with Gasteiger partial charge in [0.15, 0.2) is 0 Å². The average Bonchev–Trinajstić information content (AvgIpc) is 3.54. The maximum atomic E-state index is 13.5. The van der Waals surface area contributed by atoms with Gasteiger partial charge in [0.25, 0.3) is 5.91 Å². The quantitative estimate of drug-likeness (QED) is 0.273. The predicted octanol–water partition coefficient (Wildman–Crippen LogP) is 6.15. The van der Waals surface area contributed by atoms with Gasteiger partial charge in [-0.25, -0.2) is 0 Å². The van der Waals surface area contributed by atoms with Crippen LogP contribution in [-0.4, -0.2) is 92.5 Å². The third kappa shape index (κ3) is 7.94. The first-order valence-electron chi connectivity index (χ1n) is 20.0. The van der Waals surface area contributed by atoms with E-state index in [0.29, 0.717) is 49.1 Å². The number of hydrogen-bond acceptors (Lipinski definition) is 8. The summed E-state index contributed by atoms with van der Waals surface area (Å²) in [5, 5.41) is 11.5. The predicted molar refractivity (Wildman–Crippen MR) is 207 cm³/mol. The van der Waals surface area contributed by atoms with Crippen molar-refractivity contribution in [3.8, 4) is 6.07 Å². The van der Waals surface area contributed by atoms with Gasteiger partial charge < -0.3 is 19.6 Å². The molecule has 5 aliphatic rings. The van der Waals surface area contributed by atoms with Crippen LogP contribution in [0.2, 0.25) is 0 Å². The highest BCUT2D eigenvalue weighted by atomic mass is 19.4. The van der Waals surface area contributed by atoms with Crippen molar-refractivity contribution in [2.75, 3.05) is 73.6 Å². The van der Waals surface area contributed by atoms with Gasteiger partial charge in [-0.2, -0.15) is 18.4 Å². The minimum Gasteiger partial charge on any atom is -0.372 e. The topological polar surface area (TPSA) is 103 Å². The summed E-state index contributed by atoms with van der Waals surface area (Å²) in [7, 11) is 0. The molecule has 4 fully saturated rings. The summed E-state index contributed by atoms with van der Waals surface area (Å²) in [6.45, 7) is 8.77. The molecule has 5 aliphatic heterocycles. The summed E-state index contributed by atoms with van der Waals surface area (Å²) in [4.78, 5) is 48.2. The Morgan fingerprint density at radius 1 is 0.732 bits per heavy atom. The Balaban J connectivity index is 0.754. The molecule has 1 N–H and O–H groups in total. The Bertz CT molecular complexity index is 1990. The number of piperazine rings is 1. The number of carbonyl (C=O) groups is 3. The van der Waals surface area contributed by atoms with Gasteiger partial charge in [0.1, 0.15) is 6.04 Å². The third-order valence-electron chi connectivity index (χ3n) is 12.7. The van der Waals surface area contributed by atoms with Gasteiger partial charge in [-0.15, -0.1) is 0 Å². The number of amides is 3. The Kier molecular flexibility index (Phi) is 10.7. The van der Waals surface area contributed by atoms with E-state index in [2.05, 4.69) is 50.3 Å². The number of rotatable bonds is 8. The van der Waals surface area contributed by atoms with Crippen LogP contribution in [0.5, 0.6) is 0 Å². The van der Waals surface area contributed by atoms with E-state index in [-0.39, 0.29) is 29.7 Å². The molecule has 5 heterocycles. The van der Waals surface area contributed by atoms with E-state index in [1.54, 1.807) is 17.0 Å². The van der Waals surface area contributed by atoms with Crippen LogP contribution in [0.1, 0.15) is 83.5 Å². The summed E-state index contributed by atoms with van der Waals surface area (Å²) in [5.41, 5.74) is 4.53. The molecule has 0 bridgehead atoms. The summed E-state index contributed by atoms with van der Waals surface area (Å²) in [6.07, 6.45) is 1.34. The largest absolute Gasteiger partial charge is 0.417 e. The number of hydrogen-bond donors (Lipinski definition) is 1. The van der Waals surface area contributed by atoms with Crippen molar-refractivity contribution in [3.63, 3.8) is 0 Å². The highest BCUT2D eigenvalue weighted by Gasteiger charge is 2.39. The van der Waals surface area contributed by atoms with E-state index in [9.17, 15) is 27.6 Å². The molecule has 0 aromatic heterocycles. The molecule has 0 radical (unpaired) electrons. The van der Waals surface area contributed by atoms with Gasteiger partial charge in [-0.05, 0) is 117 Å². The molecule has 0 spiro atoms. The number of fused-ring (bicyclic) bond motifs is 1. The Morgan fingerprint density at radius 2 is 1.36 bits per heavy atom. The molecule has 1 atom stereocenters. The van der Waals surface area contributed by atoms with Crippen molar-refractivity contribution in [3.05, 3.63) is 88.5 Å². The minimum absolute atomic E-state index is 0.140. The highest BCUT2D eigenvalue weighted by Crippen LogP contribution is 2.37. The van der Waals surface area contributed by atoms with Crippen LogP contribution in [0.4, 0.5) is 30.2 Å². The smallest absolute Gasteiger partial charge is 0.372 e. The number of nitrogens with one attached hydrogen (secondary N) is 1. The molecular formula is C43H48F3N7O3. The monoisotopic (exact) mass is 767 g/mol. The van der Waals surface area contributed by atoms with E-state index in [4.69, 9.17) is 5.26 Å². The van der Waals surface area contributed by atoms with Crippen molar-refractivity contribution in [2.45, 2.75) is 69.6 Å². The summed E-state index contributed by atoms with van der Waals surface area (Å²) >= 11 is 0. The van der Waals surface area contributed by atoms with Crippen molar-refractivity contribution in [2.24, 2.45) is 5.92 Å². The normalized spacial score (nSPS) is 21.7. The van der Waals surface area contributed by atoms with Gasteiger partial charge in [0.05, 0.1) is 17.2 Å². The highest BCUT2D eigenvalue weighted by molar-refractivity contribution is 6.05. The second-order valence-corrected chi connectivity index (χ2v) is 16.0. The summed E-state index contributed by atoms with van der Waals surface area (Å²) in [6, 6.07) is 20.0. The average molecular weight is 768 g/mol. The molecule has 294 valence electrons. The Hall–Kier alpha value is -5.09. The maximum Gasteiger partial charge on any atom is 0.417 e. The molecule has 8 rings (SSSR count). The summed E-state index contributed by atoms with van der Waals surface area (Å²) in [5.74, 6) is 0.266. The van der Waals surface area contributed by atoms with Crippen LogP contribution < -0.4 is 20.0 Å². The number of nitriles is 1. The number of carbonyl (C=O) groups excluding carboxylic acids is 3. The van der Waals surface area contributed by atoms with Crippen LogP contribution in [0.3, 0.4) is 0 Å². The van der Waals surface area contributed by atoms with Crippen molar-refractivity contribution in [1.82, 2.24) is 15.1 Å². The third-order valence-corrected chi connectivity index (χ3v) is 12.7. The number of piperidine rings is 3. The van der Waals surface area contributed by atoms with Gasteiger partial charge in [0.2, 0.25) is 11.8 Å². The maximum absolute atomic E-state index is 13.5. The van der Waals surface area contributed by atoms with Crippen molar-refractivity contribution < 1.29 is 27.6 Å². The molecule has 1 unspecified atom stereocenters. The molecule has 3 amide bonds. The fourth-order valence-electron chi connectivity index (χ4n) is 9.32. The van der Waals surface area contributed by atoms with E-state index >= 15 is 0 Å². The lowest BCUT2D eigenvalue weighted by molar-refractivity contribution is -0.138. The van der Waals surface area contributed by atoms with Crippen LogP contribution in [0.25, 0.3) is 0 Å². The van der Waals surface area contributed by atoms with E-state index < -0.39 is 17.8 Å². The fourth-order valence-corrected chi connectivity index (χ4v) is 9.32. The molecule has 0 saturated carbocycles. The zero-order chi connectivity index (χ0) is 39.0. The zero-order valence-corrected chi connectivity index (χ0v) is 31.6. The second kappa shape index (κ2) is 15.8. The van der Waals surface area contributed by atoms with Gasteiger partial charge in [0, 0.05) is 87.9 Å². The lowest BCUT2D eigenvalue weighted by Gasteiger charge is -2.38. The van der Waals surface area contributed by atoms with Crippen molar-refractivity contribution >= 4 is 34.8 Å². The molecule has 0 aliphatic carbocycles. The lowest BCUT2D eigenvalue weighted by Crippen LogP contribution is -2.52. The number of imide groups is 1. The van der Waals surface area contributed by atoms with Crippen LogP contribution >= 0.6 is 0 Å². The van der Waals surface area contributed by atoms with Crippen LogP contribution in [0.15, 0.2) is 60.7 Å². The van der Waals surface area contributed by atoms with Gasteiger partial charge in [-0.3, -0.25) is 24.6 Å². The minimum atomic E-state index is -4.56. The number of anilines is 3. The first kappa shape index (κ1) is 37.8. The summed E-state index contributed by atoms with van der Waals surface area (Å²) < 4.78 is 40.5. The van der Waals surface area contributed by atoms with Crippen molar-refractivity contribution in [1.29, 1.82) is 5.26 Å². The fraction of sp³-hybridized carbons (Fsp3) is 0.488. The number of halogens is 3. The second-order valence-electron chi connectivity index (χ2n) is 16.0. The Morgan fingerprint density at radius 3 is 2.04 bits per heavy atom. The molecule has 4 saturated heterocycles. The molecule has 3 aromatic rings. The molecule has 56 heavy (non-hydrogen) atoms. The number of benzene rings is 3. The molecule has 13 heteroatoms. The first-order chi connectivity index (χ1) is 27.0. The molecule has 3 aromatic carbocycles.